The second-order valence-electron chi connectivity index (χ2n) is 3.82. The highest BCUT2D eigenvalue weighted by molar-refractivity contribution is 5.64. The summed E-state index contributed by atoms with van der Waals surface area (Å²) in [6, 6.07) is 0. The van der Waals surface area contributed by atoms with E-state index in [1.165, 1.54) is 44.9 Å². The lowest BCUT2D eigenvalue weighted by Crippen LogP contribution is -1.75. The quantitative estimate of drug-likeness (QED) is 0.224. The highest BCUT2D eigenvalue weighted by atomic mass is 16.1. The summed E-state index contributed by atoms with van der Waals surface area (Å²) in [5, 5.41) is 0. The molecule has 0 bridgehead atoms. The summed E-state index contributed by atoms with van der Waals surface area (Å²) >= 11 is 0. The lowest BCUT2D eigenvalue weighted by atomic mass is 10.1. The third kappa shape index (κ3) is 13.2. The van der Waals surface area contributed by atoms with E-state index in [0.717, 1.165) is 12.7 Å². The van der Waals surface area contributed by atoms with Crippen LogP contribution in [0.4, 0.5) is 0 Å². The normalized spacial score (nSPS) is 11.5. The minimum atomic E-state index is 0.844. The van der Waals surface area contributed by atoms with Crippen LogP contribution in [0.2, 0.25) is 0 Å². The molecule has 0 saturated heterocycles. The van der Waals surface area contributed by atoms with Crippen molar-refractivity contribution in [2.45, 2.75) is 58.3 Å². The molecule has 0 aromatic rings. The molecule has 0 amide bonds. The minimum Gasteiger partial charge on any atom is -0.299 e. The van der Waals surface area contributed by atoms with Gasteiger partial charge in [0.1, 0.15) is 6.29 Å². The van der Waals surface area contributed by atoms with E-state index in [0.29, 0.717) is 0 Å². The maximum atomic E-state index is 9.97. The van der Waals surface area contributed by atoms with Gasteiger partial charge in [-0.25, -0.2) is 0 Å². The number of hydrogen-bond donors (Lipinski definition) is 0. The number of rotatable bonds is 10. The Morgan fingerprint density at radius 3 is 2.00 bits per heavy atom. The van der Waals surface area contributed by atoms with Crippen molar-refractivity contribution in [3.63, 3.8) is 0 Å². The van der Waals surface area contributed by atoms with Crippen molar-refractivity contribution in [2.75, 3.05) is 0 Å². The molecule has 15 heavy (non-hydrogen) atoms. The van der Waals surface area contributed by atoms with Gasteiger partial charge in [-0.3, -0.25) is 4.79 Å². The molecule has 1 nitrogen and oxygen atoms in total. The summed E-state index contributed by atoms with van der Waals surface area (Å²) in [6.45, 7) is 2.22. The third-order valence-corrected chi connectivity index (χ3v) is 2.35. The van der Waals surface area contributed by atoms with Gasteiger partial charge in [-0.2, -0.15) is 0 Å². The van der Waals surface area contributed by atoms with Crippen LogP contribution in [0.25, 0.3) is 0 Å². The zero-order chi connectivity index (χ0) is 11.2. The van der Waals surface area contributed by atoms with Crippen LogP contribution in [0.15, 0.2) is 24.3 Å². The maximum absolute atomic E-state index is 9.97. The fourth-order valence-corrected chi connectivity index (χ4v) is 1.41. The molecule has 0 atom stereocenters. The summed E-state index contributed by atoms with van der Waals surface area (Å²) in [7, 11) is 0. The topological polar surface area (TPSA) is 17.1 Å². The molecule has 0 radical (unpaired) electrons. The molecule has 0 unspecified atom stereocenters. The molecular formula is C14H24O. The molecular weight excluding hydrogens is 184 g/mol. The van der Waals surface area contributed by atoms with Crippen molar-refractivity contribution in [3.05, 3.63) is 24.3 Å². The molecule has 0 aliphatic heterocycles. The number of unbranched alkanes of at least 4 members (excludes halogenated alkanes) is 6. The fourth-order valence-electron chi connectivity index (χ4n) is 1.41. The highest BCUT2D eigenvalue weighted by Gasteiger charge is 1.85. The fraction of sp³-hybridized carbons (Fsp3) is 0.643. The van der Waals surface area contributed by atoms with E-state index in [1.807, 2.05) is 6.08 Å². The number of carbonyl (C=O) groups excluding carboxylic acids is 1. The van der Waals surface area contributed by atoms with Crippen molar-refractivity contribution < 1.29 is 4.79 Å². The maximum Gasteiger partial charge on any atom is 0.142 e. The van der Waals surface area contributed by atoms with Gasteiger partial charge in [-0.05, 0) is 38.2 Å². The van der Waals surface area contributed by atoms with E-state index in [2.05, 4.69) is 19.1 Å². The van der Waals surface area contributed by atoms with Gasteiger partial charge in [-0.1, -0.05) is 44.4 Å². The molecule has 0 aromatic heterocycles. The third-order valence-electron chi connectivity index (χ3n) is 2.35. The summed E-state index contributed by atoms with van der Waals surface area (Å²) in [5.74, 6) is 0. The Kier molecular flexibility index (Phi) is 12.4. The first kappa shape index (κ1) is 14.2. The zero-order valence-electron chi connectivity index (χ0n) is 9.95. The van der Waals surface area contributed by atoms with Gasteiger partial charge in [0, 0.05) is 0 Å². The smallest absolute Gasteiger partial charge is 0.142 e. The summed E-state index contributed by atoms with van der Waals surface area (Å²) < 4.78 is 0. The van der Waals surface area contributed by atoms with E-state index >= 15 is 0 Å². The molecule has 0 saturated carbocycles. The minimum absolute atomic E-state index is 0.844. The van der Waals surface area contributed by atoms with Crippen molar-refractivity contribution in [3.8, 4) is 0 Å². The zero-order valence-corrected chi connectivity index (χ0v) is 9.95. The Labute approximate surface area is 94.3 Å². The first-order chi connectivity index (χ1) is 7.41. The number of hydrogen-bond acceptors (Lipinski definition) is 1. The number of allylic oxidation sites excluding steroid dienone is 4. The molecule has 0 rings (SSSR count). The van der Waals surface area contributed by atoms with E-state index in [9.17, 15) is 4.79 Å². The molecule has 1 heteroatoms. The van der Waals surface area contributed by atoms with Gasteiger partial charge >= 0.3 is 0 Å². The van der Waals surface area contributed by atoms with Gasteiger partial charge in [-0.15, -0.1) is 0 Å². The lowest BCUT2D eigenvalue weighted by Gasteiger charge is -1.95. The van der Waals surface area contributed by atoms with Gasteiger partial charge in [0.05, 0.1) is 0 Å². The molecule has 0 spiro atoms. The van der Waals surface area contributed by atoms with E-state index in [4.69, 9.17) is 0 Å². The SMILES string of the molecule is CCCC/C=C/CCCCC/C=C/C=O. The second-order valence-corrected chi connectivity index (χ2v) is 3.82. The Balaban J connectivity index is 3.07. The Bertz CT molecular complexity index is 180. The van der Waals surface area contributed by atoms with Crippen LogP contribution in [0.5, 0.6) is 0 Å². The average Bonchev–Trinajstić information content (AvgIpc) is 2.26. The monoisotopic (exact) mass is 208 g/mol. The summed E-state index contributed by atoms with van der Waals surface area (Å²) in [5.41, 5.74) is 0. The van der Waals surface area contributed by atoms with Crippen LogP contribution in [0.1, 0.15) is 58.3 Å². The second kappa shape index (κ2) is 13.2. The van der Waals surface area contributed by atoms with Crippen LogP contribution in [0.3, 0.4) is 0 Å². The molecule has 0 N–H and O–H groups in total. The predicted molar refractivity (Wildman–Crippen MR) is 67.0 cm³/mol. The Morgan fingerprint density at radius 2 is 1.40 bits per heavy atom. The average molecular weight is 208 g/mol. The van der Waals surface area contributed by atoms with E-state index in [-0.39, 0.29) is 0 Å². The first-order valence-corrected chi connectivity index (χ1v) is 6.17. The molecule has 0 aliphatic rings. The highest BCUT2D eigenvalue weighted by Crippen LogP contribution is 2.05. The molecule has 0 aliphatic carbocycles. The van der Waals surface area contributed by atoms with Gasteiger partial charge in [0.2, 0.25) is 0 Å². The molecule has 0 heterocycles. The summed E-state index contributed by atoms with van der Waals surface area (Å²) in [6.07, 6.45) is 18.8. The largest absolute Gasteiger partial charge is 0.299 e. The lowest BCUT2D eigenvalue weighted by molar-refractivity contribution is -0.104. The van der Waals surface area contributed by atoms with Crippen molar-refractivity contribution in [1.29, 1.82) is 0 Å². The van der Waals surface area contributed by atoms with Gasteiger partial charge in [0.15, 0.2) is 0 Å². The Morgan fingerprint density at radius 1 is 0.800 bits per heavy atom. The van der Waals surface area contributed by atoms with E-state index < -0.39 is 0 Å². The summed E-state index contributed by atoms with van der Waals surface area (Å²) in [4.78, 5) is 9.97. The first-order valence-electron chi connectivity index (χ1n) is 6.17. The van der Waals surface area contributed by atoms with E-state index in [1.54, 1.807) is 6.08 Å². The molecule has 0 fully saturated rings. The van der Waals surface area contributed by atoms with Crippen molar-refractivity contribution in [2.24, 2.45) is 0 Å². The van der Waals surface area contributed by atoms with Crippen LogP contribution in [-0.4, -0.2) is 6.29 Å². The molecule has 86 valence electrons. The standard InChI is InChI=1S/C14H24O/c1-2-3-4-5-6-7-8-9-10-11-12-13-14-15/h5-6,12-14H,2-4,7-11H2,1H3/b6-5+,13-12+. The number of aldehydes is 1. The van der Waals surface area contributed by atoms with Gasteiger partial charge in [0.25, 0.3) is 0 Å². The van der Waals surface area contributed by atoms with Crippen LogP contribution in [0, 0.1) is 0 Å². The van der Waals surface area contributed by atoms with Crippen molar-refractivity contribution in [1.82, 2.24) is 0 Å². The van der Waals surface area contributed by atoms with Gasteiger partial charge < -0.3 is 0 Å². The predicted octanol–water partition coefficient (Wildman–Crippen LogP) is 4.44. The van der Waals surface area contributed by atoms with Crippen molar-refractivity contribution >= 4 is 6.29 Å². The molecule has 0 aromatic carbocycles. The van der Waals surface area contributed by atoms with Crippen LogP contribution >= 0.6 is 0 Å². The van der Waals surface area contributed by atoms with Crippen LogP contribution < -0.4 is 0 Å². The van der Waals surface area contributed by atoms with Crippen LogP contribution in [-0.2, 0) is 4.79 Å². The Hall–Kier alpha value is -0.850. The number of carbonyl (C=O) groups is 1.